The van der Waals surface area contributed by atoms with Crippen LogP contribution in [0.1, 0.15) is 11.1 Å². The number of rotatable bonds is 5. The van der Waals surface area contributed by atoms with Crippen LogP contribution in [0.25, 0.3) is 17.1 Å². The highest BCUT2D eigenvalue weighted by molar-refractivity contribution is 6.05. The van der Waals surface area contributed by atoms with Gasteiger partial charge >= 0.3 is 0 Å². The van der Waals surface area contributed by atoms with Crippen molar-refractivity contribution in [1.29, 1.82) is 0 Å². The van der Waals surface area contributed by atoms with E-state index in [1.54, 1.807) is 6.20 Å². The zero-order valence-corrected chi connectivity index (χ0v) is 14.3. The molecule has 0 radical (unpaired) electrons. The fraction of sp³-hybridized carbons (Fsp3) is 0.200. The minimum Gasteiger partial charge on any atom is -0.380 e. The lowest BCUT2D eigenvalue weighted by Crippen LogP contribution is -2.43. The van der Waals surface area contributed by atoms with Crippen molar-refractivity contribution in [3.05, 3.63) is 65.5 Å². The zero-order chi connectivity index (χ0) is 17.9. The van der Waals surface area contributed by atoms with Crippen molar-refractivity contribution >= 4 is 28.7 Å². The number of nitrogens with two attached hydrogens (primary N) is 1. The summed E-state index contributed by atoms with van der Waals surface area (Å²) in [6.07, 6.45) is 6.25. The van der Waals surface area contributed by atoms with E-state index in [9.17, 15) is 4.79 Å². The van der Waals surface area contributed by atoms with Gasteiger partial charge in [0.2, 0.25) is 5.91 Å². The molecule has 0 saturated carbocycles. The Morgan fingerprint density at radius 2 is 2.12 bits per heavy atom. The molecule has 1 aliphatic heterocycles. The first-order valence-corrected chi connectivity index (χ1v) is 8.70. The van der Waals surface area contributed by atoms with Crippen LogP contribution in [0.15, 0.2) is 54.4 Å². The van der Waals surface area contributed by atoms with Crippen LogP contribution in [-0.4, -0.2) is 35.0 Å². The number of H-pyrrole nitrogens is 1. The number of aromatic amines is 1. The Labute approximate surface area is 151 Å². The van der Waals surface area contributed by atoms with Crippen molar-refractivity contribution in [2.45, 2.75) is 12.5 Å². The molecule has 1 aliphatic rings. The standard InChI is InChI=1S/C20H21N5O/c21-10-16(8-13-4-2-1-3-5-13)25-20(26)15-9-14-11-24-19-18(14)17(23-12-15)6-7-22-19/h1-7,9,11,16,23H,8,10,12,21H2,(H,22,24)(H,25,26)/t16-/m0/s1. The number of carbonyl (C=O) groups excluding carboxylic acids is 1. The largest absolute Gasteiger partial charge is 0.380 e. The summed E-state index contributed by atoms with van der Waals surface area (Å²) < 4.78 is 0. The second kappa shape index (κ2) is 7.01. The van der Waals surface area contributed by atoms with Crippen molar-refractivity contribution in [1.82, 2.24) is 15.3 Å². The van der Waals surface area contributed by atoms with Gasteiger partial charge in [-0.25, -0.2) is 4.98 Å². The molecular formula is C20H21N5O. The van der Waals surface area contributed by atoms with Crippen molar-refractivity contribution < 1.29 is 4.79 Å². The lowest BCUT2D eigenvalue weighted by Gasteiger charge is -2.18. The maximum Gasteiger partial charge on any atom is 0.249 e. The topological polar surface area (TPSA) is 95.8 Å². The van der Waals surface area contributed by atoms with Crippen molar-refractivity contribution in [3.63, 3.8) is 0 Å². The summed E-state index contributed by atoms with van der Waals surface area (Å²) in [5.74, 6) is -0.0982. The summed E-state index contributed by atoms with van der Waals surface area (Å²) in [6.45, 7) is 0.849. The van der Waals surface area contributed by atoms with Crippen molar-refractivity contribution in [2.75, 3.05) is 18.4 Å². The van der Waals surface area contributed by atoms with Crippen LogP contribution >= 0.6 is 0 Å². The van der Waals surface area contributed by atoms with E-state index < -0.39 is 0 Å². The molecule has 0 unspecified atom stereocenters. The first kappa shape index (κ1) is 16.4. The monoisotopic (exact) mass is 347 g/mol. The second-order valence-corrected chi connectivity index (χ2v) is 6.45. The molecule has 3 heterocycles. The van der Waals surface area contributed by atoms with E-state index in [1.807, 2.05) is 48.7 Å². The van der Waals surface area contributed by atoms with Crippen LogP contribution in [0, 0.1) is 0 Å². The Morgan fingerprint density at radius 1 is 1.27 bits per heavy atom. The third-order valence-corrected chi connectivity index (χ3v) is 4.64. The summed E-state index contributed by atoms with van der Waals surface area (Å²) in [5, 5.41) is 7.40. The molecule has 3 aromatic rings. The van der Waals surface area contributed by atoms with Gasteiger partial charge in [-0.2, -0.15) is 0 Å². The number of aromatic nitrogens is 2. The molecule has 1 aromatic carbocycles. The number of nitrogens with zero attached hydrogens (tertiary/aromatic N) is 1. The van der Waals surface area contributed by atoms with Crippen LogP contribution in [0.4, 0.5) is 5.69 Å². The van der Waals surface area contributed by atoms with Crippen LogP contribution in [-0.2, 0) is 11.2 Å². The number of carbonyl (C=O) groups is 1. The highest BCUT2D eigenvalue weighted by Crippen LogP contribution is 2.29. The maximum absolute atomic E-state index is 12.8. The summed E-state index contributed by atoms with van der Waals surface area (Å²) in [5.41, 5.74) is 10.5. The van der Waals surface area contributed by atoms with Gasteiger partial charge in [-0.05, 0) is 24.1 Å². The van der Waals surface area contributed by atoms with Gasteiger partial charge in [-0.15, -0.1) is 0 Å². The van der Waals surface area contributed by atoms with E-state index in [-0.39, 0.29) is 11.9 Å². The van der Waals surface area contributed by atoms with E-state index >= 15 is 0 Å². The fourth-order valence-electron chi connectivity index (χ4n) is 3.29. The summed E-state index contributed by atoms with van der Waals surface area (Å²) in [6, 6.07) is 11.9. The molecule has 6 heteroatoms. The van der Waals surface area contributed by atoms with E-state index in [0.717, 1.165) is 27.8 Å². The van der Waals surface area contributed by atoms with Gasteiger partial charge in [-0.1, -0.05) is 30.3 Å². The number of hydrogen-bond donors (Lipinski definition) is 4. The number of pyridine rings is 1. The molecule has 2 aromatic heterocycles. The molecular weight excluding hydrogens is 326 g/mol. The minimum atomic E-state index is -0.107. The zero-order valence-electron chi connectivity index (χ0n) is 14.3. The van der Waals surface area contributed by atoms with E-state index in [2.05, 4.69) is 20.6 Å². The quantitative estimate of drug-likeness (QED) is 0.568. The maximum atomic E-state index is 12.8. The first-order valence-electron chi connectivity index (χ1n) is 8.70. The molecule has 0 fully saturated rings. The van der Waals surface area contributed by atoms with Gasteiger partial charge in [0, 0.05) is 53.7 Å². The molecule has 0 spiro atoms. The van der Waals surface area contributed by atoms with E-state index in [1.165, 1.54) is 0 Å². The normalized spacial score (nSPS) is 14.3. The van der Waals surface area contributed by atoms with Gasteiger partial charge in [0.15, 0.2) is 0 Å². The Morgan fingerprint density at radius 3 is 2.92 bits per heavy atom. The molecule has 0 bridgehead atoms. The van der Waals surface area contributed by atoms with Gasteiger partial charge < -0.3 is 21.4 Å². The van der Waals surface area contributed by atoms with Gasteiger partial charge in [0.05, 0.1) is 0 Å². The molecule has 6 nitrogen and oxygen atoms in total. The molecule has 4 rings (SSSR count). The van der Waals surface area contributed by atoms with Crippen LogP contribution in [0.5, 0.6) is 0 Å². The third kappa shape index (κ3) is 3.19. The average molecular weight is 347 g/mol. The molecule has 132 valence electrons. The van der Waals surface area contributed by atoms with Gasteiger partial charge in [0.25, 0.3) is 0 Å². The van der Waals surface area contributed by atoms with E-state index in [4.69, 9.17) is 5.73 Å². The minimum absolute atomic E-state index is 0.0982. The molecule has 0 saturated heterocycles. The fourth-order valence-corrected chi connectivity index (χ4v) is 3.29. The predicted molar refractivity (Wildman–Crippen MR) is 104 cm³/mol. The predicted octanol–water partition coefficient (Wildman–Crippen LogP) is 2.06. The van der Waals surface area contributed by atoms with Crippen LogP contribution in [0.3, 0.4) is 0 Å². The lowest BCUT2D eigenvalue weighted by atomic mass is 10.1. The third-order valence-electron chi connectivity index (χ3n) is 4.64. The van der Waals surface area contributed by atoms with Crippen LogP contribution in [0.2, 0.25) is 0 Å². The van der Waals surface area contributed by atoms with E-state index in [0.29, 0.717) is 25.1 Å². The van der Waals surface area contributed by atoms with Gasteiger partial charge in [-0.3, -0.25) is 4.79 Å². The highest BCUT2D eigenvalue weighted by Gasteiger charge is 2.19. The number of amides is 1. The summed E-state index contributed by atoms with van der Waals surface area (Å²) >= 11 is 0. The smallest absolute Gasteiger partial charge is 0.249 e. The Kier molecular flexibility index (Phi) is 4.41. The molecule has 26 heavy (non-hydrogen) atoms. The van der Waals surface area contributed by atoms with Crippen LogP contribution < -0.4 is 16.4 Å². The molecule has 1 amide bonds. The lowest BCUT2D eigenvalue weighted by molar-refractivity contribution is -0.118. The van der Waals surface area contributed by atoms with Crippen molar-refractivity contribution in [2.24, 2.45) is 5.73 Å². The average Bonchev–Trinajstić information content (AvgIpc) is 2.98. The van der Waals surface area contributed by atoms with Gasteiger partial charge in [0.1, 0.15) is 5.65 Å². The Balaban J connectivity index is 1.53. The number of anilines is 1. The molecule has 1 atom stereocenters. The first-order chi connectivity index (χ1) is 12.7. The summed E-state index contributed by atoms with van der Waals surface area (Å²) in [4.78, 5) is 20.3. The number of hydrogen-bond acceptors (Lipinski definition) is 4. The molecule has 5 N–H and O–H groups in total. The second-order valence-electron chi connectivity index (χ2n) is 6.45. The SMILES string of the molecule is NC[C@H](Cc1ccccc1)NC(=O)C1=Cc2c[nH]c3nccc(c23)NC1. The summed E-state index contributed by atoms with van der Waals surface area (Å²) in [7, 11) is 0. The number of benzene rings is 1. The molecule has 0 aliphatic carbocycles. The number of nitrogens with one attached hydrogen (secondary N) is 3. The Bertz CT molecular complexity index is 961. The Hall–Kier alpha value is -3.12. The van der Waals surface area contributed by atoms with Crippen molar-refractivity contribution in [3.8, 4) is 0 Å². The highest BCUT2D eigenvalue weighted by atomic mass is 16.1.